The fourth-order valence-corrected chi connectivity index (χ4v) is 15.5. The van der Waals surface area contributed by atoms with E-state index in [4.69, 9.17) is 0 Å². The Morgan fingerprint density at radius 1 is 0.250 bits per heavy atom. The van der Waals surface area contributed by atoms with Crippen LogP contribution in [0, 0.1) is 0 Å². The highest BCUT2D eigenvalue weighted by molar-refractivity contribution is 6.13. The van der Waals surface area contributed by atoms with Crippen molar-refractivity contribution in [3.8, 4) is 61.3 Å². The third kappa shape index (κ3) is 5.57. The fraction of sp³-hybridized carbons (Fsp3) is 0.0256. The second-order valence-corrected chi connectivity index (χ2v) is 22.2. The van der Waals surface area contributed by atoms with Gasteiger partial charge < -0.3 is 9.47 Å². The molecule has 0 radical (unpaired) electrons. The first kappa shape index (κ1) is 43.8. The molecule has 2 spiro atoms. The molecule has 1 atom stereocenters. The van der Waals surface area contributed by atoms with Crippen LogP contribution in [0.1, 0.15) is 44.5 Å². The molecule has 4 aliphatic rings. The van der Waals surface area contributed by atoms with E-state index >= 15 is 0 Å². The SMILES string of the molecule is c1cc(-c2ccc3c(c2)C2(c4ccccc4-3)c3ccccc3-n3c4ccccc4c4cccc2c43)cc(N(c2ccc(-c3cccc4ccccc34)cc2)c2ccc3c(c2)C2(c4ccccc4-c4ccccc42)c2ccccc2-3)c1. The molecule has 2 heterocycles. The van der Waals surface area contributed by atoms with Gasteiger partial charge in [-0.3, -0.25) is 0 Å². The van der Waals surface area contributed by atoms with Crippen molar-refractivity contribution in [1.82, 2.24) is 4.57 Å². The summed E-state index contributed by atoms with van der Waals surface area (Å²) in [5, 5.41) is 5.06. The maximum Gasteiger partial charge on any atom is 0.0754 e. The zero-order chi connectivity index (χ0) is 52.3. The van der Waals surface area contributed by atoms with E-state index in [0.717, 1.165) is 22.6 Å². The third-order valence-corrected chi connectivity index (χ3v) is 18.6. The van der Waals surface area contributed by atoms with Crippen molar-refractivity contribution < 1.29 is 0 Å². The van der Waals surface area contributed by atoms with Crippen LogP contribution in [-0.2, 0) is 10.8 Å². The maximum absolute atomic E-state index is 2.53. The minimum absolute atomic E-state index is 0.477. The van der Waals surface area contributed by atoms with Crippen molar-refractivity contribution in [1.29, 1.82) is 0 Å². The summed E-state index contributed by atoms with van der Waals surface area (Å²) in [5.74, 6) is 0. The number of anilines is 3. The van der Waals surface area contributed by atoms with Crippen LogP contribution in [-0.4, -0.2) is 4.57 Å². The molecular weight excluding hydrogens is 965 g/mol. The Kier molecular flexibility index (Phi) is 8.83. The van der Waals surface area contributed by atoms with Gasteiger partial charge in [-0.05, 0) is 166 Å². The van der Waals surface area contributed by atoms with Crippen LogP contribution >= 0.6 is 0 Å². The van der Waals surface area contributed by atoms with Crippen LogP contribution in [0.15, 0.2) is 291 Å². The summed E-state index contributed by atoms with van der Waals surface area (Å²) in [5.41, 5.74) is 29.2. The summed E-state index contributed by atoms with van der Waals surface area (Å²) in [6.45, 7) is 0. The van der Waals surface area contributed by atoms with Gasteiger partial charge in [-0.25, -0.2) is 0 Å². The van der Waals surface area contributed by atoms with E-state index < -0.39 is 10.8 Å². The molecule has 0 saturated carbocycles. The summed E-state index contributed by atoms with van der Waals surface area (Å²) in [6.07, 6.45) is 0. The molecule has 0 N–H and O–H groups in total. The van der Waals surface area contributed by atoms with Crippen molar-refractivity contribution in [2.24, 2.45) is 0 Å². The first-order valence-corrected chi connectivity index (χ1v) is 28.0. The highest BCUT2D eigenvalue weighted by Crippen LogP contribution is 2.64. The average molecular weight is 1010 g/mol. The molecule has 370 valence electrons. The molecule has 1 aromatic heterocycles. The molecule has 2 nitrogen and oxygen atoms in total. The van der Waals surface area contributed by atoms with Crippen molar-refractivity contribution in [3.63, 3.8) is 0 Å². The molecule has 1 unspecified atom stereocenters. The van der Waals surface area contributed by atoms with Gasteiger partial charge in [0.05, 0.1) is 27.6 Å². The lowest BCUT2D eigenvalue weighted by Gasteiger charge is -2.39. The van der Waals surface area contributed by atoms with Crippen molar-refractivity contribution in [2.45, 2.75) is 10.8 Å². The minimum atomic E-state index is -0.548. The minimum Gasteiger partial charge on any atom is -0.310 e. The highest BCUT2D eigenvalue weighted by Gasteiger charge is 2.53. The summed E-state index contributed by atoms with van der Waals surface area (Å²) < 4.78 is 2.53. The first-order valence-electron chi connectivity index (χ1n) is 28.0. The zero-order valence-electron chi connectivity index (χ0n) is 43.6. The number of para-hydroxylation sites is 3. The van der Waals surface area contributed by atoms with E-state index in [-0.39, 0.29) is 0 Å². The lowest BCUT2D eigenvalue weighted by atomic mass is 9.65. The molecule has 0 fully saturated rings. The van der Waals surface area contributed by atoms with E-state index in [1.165, 1.54) is 133 Å². The second kappa shape index (κ2) is 16.1. The van der Waals surface area contributed by atoms with Crippen LogP contribution in [0.5, 0.6) is 0 Å². The smallest absolute Gasteiger partial charge is 0.0754 e. The average Bonchev–Trinajstić information content (AvgIpc) is 2.73. The molecule has 1 aliphatic heterocycles. The number of fused-ring (bicyclic) bond motifs is 23. The molecule has 0 amide bonds. The van der Waals surface area contributed by atoms with Gasteiger partial charge in [0, 0.05) is 27.8 Å². The van der Waals surface area contributed by atoms with Gasteiger partial charge in [-0.15, -0.1) is 0 Å². The summed E-state index contributed by atoms with van der Waals surface area (Å²) in [6, 6.07) is 110. The molecule has 3 aliphatic carbocycles. The second-order valence-electron chi connectivity index (χ2n) is 22.2. The van der Waals surface area contributed by atoms with Crippen molar-refractivity contribution in [3.05, 3.63) is 336 Å². The number of hydrogen-bond acceptors (Lipinski definition) is 1. The molecule has 13 aromatic carbocycles. The summed E-state index contributed by atoms with van der Waals surface area (Å²) in [4.78, 5) is 2.49. The standard InChI is InChI=1S/C78H48N2/c1-2-22-56-49(18-1)19-16-28-57(56)50-38-41-53(42-39-50)79(55-43-45-63-61-26-5-10-32-68(61)77(73(63)48-55)66-30-8-3-23-58(66)59-24-4-9-31-67(59)77)54-21-15-20-51(46-54)52-40-44-62-60-25-6-11-33-69(60)78(72(62)47-52)70-34-12-14-37-75(70)80-74-36-13-7-27-64(74)65-29-17-35-71(78)76(65)80/h1-48H. The van der Waals surface area contributed by atoms with Crippen LogP contribution in [0.25, 0.3) is 93.9 Å². The van der Waals surface area contributed by atoms with Gasteiger partial charge in [0.2, 0.25) is 0 Å². The van der Waals surface area contributed by atoms with E-state index in [0.29, 0.717) is 0 Å². The van der Waals surface area contributed by atoms with Gasteiger partial charge in [-0.2, -0.15) is 0 Å². The predicted octanol–water partition coefficient (Wildman–Crippen LogP) is 19.8. The Balaban J connectivity index is 0.847. The molecule has 0 saturated heterocycles. The molecule has 18 rings (SSSR count). The van der Waals surface area contributed by atoms with Gasteiger partial charge >= 0.3 is 0 Å². The van der Waals surface area contributed by atoms with E-state index in [1.807, 2.05) is 0 Å². The van der Waals surface area contributed by atoms with Gasteiger partial charge in [0.1, 0.15) is 0 Å². The quantitative estimate of drug-likeness (QED) is 0.167. The normalized spacial score (nSPS) is 15.2. The number of rotatable bonds is 5. The molecular formula is C78H48N2. The Labute approximate surface area is 464 Å². The van der Waals surface area contributed by atoms with Crippen LogP contribution in [0.3, 0.4) is 0 Å². The lowest BCUT2D eigenvalue weighted by molar-refractivity contribution is 0.749. The third-order valence-electron chi connectivity index (χ3n) is 18.6. The lowest BCUT2D eigenvalue weighted by Crippen LogP contribution is -2.33. The zero-order valence-corrected chi connectivity index (χ0v) is 43.6. The van der Waals surface area contributed by atoms with Crippen molar-refractivity contribution >= 4 is 49.6 Å². The summed E-state index contributed by atoms with van der Waals surface area (Å²) in [7, 11) is 0. The molecule has 80 heavy (non-hydrogen) atoms. The maximum atomic E-state index is 2.53. The highest BCUT2D eigenvalue weighted by atomic mass is 15.1. The Bertz CT molecular complexity index is 4910. The van der Waals surface area contributed by atoms with Crippen LogP contribution < -0.4 is 4.90 Å². The number of nitrogens with zero attached hydrogens (tertiary/aromatic N) is 2. The molecule has 14 aromatic rings. The first-order chi connectivity index (χ1) is 39.7. The largest absolute Gasteiger partial charge is 0.310 e. The van der Waals surface area contributed by atoms with Gasteiger partial charge in [-0.1, -0.05) is 237 Å². The fourth-order valence-electron chi connectivity index (χ4n) is 15.5. The Hall–Kier alpha value is -10.3. The van der Waals surface area contributed by atoms with Gasteiger partial charge in [0.15, 0.2) is 0 Å². The summed E-state index contributed by atoms with van der Waals surface area (Å²) >= 11 is 0. The van der Waals surface area contributed by atoms with Crippen LogP contribution in [0.2, 0.25) is 0 Å². The van der Waals surface area contributed by atoms with E-state index in [2.05, 4.69) is 301 Å². The van der Waals surface area contributed by atoms with Gasteiger partial charge in [0.25, 0.3) is 0 Å². The van der Waals surface area contributed by atoms with Crippen LogP contribution in [0.4, 0.5) is 17.1 Å². The topological polar surface area (TPSA) is 8.17 Å². The predicted molar refractivity (Wildman–Crippen MR) is 331 cm³/mol. The van der Waals surface area contributed by atoms with E-state index in [9.17, 15) is 0 Å². The Morgan fingerprint density at radius 2 is 0.700 bits per heavy atom. The molecule has 2 heteroatoms. The Morgan fingerprint density at radius 3 is 1.41 bits per heavy atom. The van der Waals surface area contributed by atoms with E-state index in [1.54, 1.807) is 0 Å². The molecule has 0 bridgehead atoms. The van der Waals surface area contributed by atoms with Crippen molar-refractivity contribution in [2.75, 3.05) is 4.90 Å². The number of benzene rings is 13. The monoisotopic (exact) mass is 1010 g/mol. The number of hydrogen-bond donors (Lipinski definition) is 0. The number of aromatic nitrogens is 1.